The first-order valence-electron chi connectivity index (χ1n) is 8.76. The third-order valence-corrected chi connectivity index (χ3v) is 5.45. The molecule has 1 heterocycles. The van der Waals surface area contributed by atoms with Crippen molar-refractivity contribution in [3.8, 4) is 11.5 Å². The fraction of sp³-hybridized carbons (Fsp3) is 0.300. The molecule has 2 aromatic carbocycles. The number of fused-ring (bicyclic) bond motifs is 2. The van der Waals surface area contributed by atoms with Gasteiger partial charge < -0.3 is 15.4 Å². The summed E-state index contributed by atoms with van der Waals surface area (Å²) in [5.41, 5.74) is 1.66. The maximum absolute atomic E-state index is 12.2. The van der Waals surface area contributed by atoms with Crippen LogP contribution in [0.15, 0.2) is 36.4 Å². The number of amides is 2. The Labute approximate surface area is 156 Å². The van der Waals surface area contributed by atoms with E-state index >= 15 is 0 Å². The SMILES string of the molecule is O=Cc1ccc(Oc2ccc(Cl)c3c2C2(CCCCC2)NC(=O)N3)cc1. The smallest absolute Gasteiger partial charge is 0.319 e. The van der Waals surface area contributed by atoms with Gasteiger partial charge in [-0.1, -0.05) is 30.9 Å². The van der Waals surface area contributed by atoms with Gasteiger partial charge in [0.05, 0.1) is 16.2 Å². The molecule has 1 spiro atoms. The maximum atomic E-state index is 12.2. The zero-order valence-electron chi connectivity index (χ0n) is 14.2. The van der Waals surface area contributed by atoms with Crippen molar-refractivity contribution in [2.45, 2.75) is 37.6 Å². The van der Waals surface area contributed by atoms with E-state index in [1.165, 1.54) is 0 Å². The monoisotopic (exact) mass is 370 g/mol. The van der Waals surface area contributed by atoms with Crippen LogP contribution in [0.25, 0.3) is 0 Å². The zero-order valence-corrected chi connectivity index (χ0v) is 14.9. The molecule has 0 unspecified atom stereocenters. The highest BCUT2D eigenvalue weighted by atomic mass is 35.5. The van der Waals surface area contributed by atoms with E-state index in [4.69, 9.17) is 16.3 Å². The number of rotatable bonds is 3. The number of aldehydes is 1. The summed E-state index contributed by atoms with van der Waals surface area (Å²) in [5, 5.41) is 6.46. The van der Waals surface area contributed by atoms with Gasteiger partial charge in [-0.25, -0.2) is 4.79 Å². The van der Waals surface area contributed by atoms with Gasteiger partial charge in [0.2, 0.25) is 0 Å². The van der Waals surface area contributed by atoms with Crippen LogP contribution in [0, 0.1) is 0 Å². The molecule has 2 amide bonds. The second-order valence-corrected chi connectivity index (χ2v) is 7.21. The first-order valence-corrected chi connectivity index (χ1v) is 9.14. The lowest BCUT2D eigenvalue weighted by Crippen LogP contribution is -2.52. The van der Waals surface area contributed by atoms with Crippen molar-refractivity contribution >= 4 is 29.6 Å². The molecule has 1 aliphatic carbocycles. The molecule has 6 heteroatoms. The number of carbonyl (C=O) groups excluding carboxylic acids is 2. The Kier molecular flexibility index (Phi) is 4.32. The van der Waals surface area contributed by atoms with Gasteiger partial charge in [0.1, 0.15) is 17.8 Å². The molecule has 5 nitrogen and oxygen atoms in total. The molecule has 134 valence electrons. The summed E-state index contributed by atoms with van der Waals surface area (Å²) < 4.78 is 6.13. The number of hydrogen-bond donors (Lipinski definition) is 2. The lowest BCUT2D eigenvalue weighted by atomic mass is 9.74. The molecule has 0 radical (unpaired) electrons. The number of benzene rings is 2. The molecule has 2 N–H and O–H groups in total. The summed E-state index contributed by atoms with van der Waals surface area (Å²) in [4.78, 5) is 23.1. The Morgan fingerprint density at radius 2 is 1.77 bits per heavy atom. The van der Waals surface area contributed by atoms with Gasteiger partial charge in [-0.15, -0.1) is 0 Å². The number of nitrogens with one attached hydrogen (secondary N) is 2. The molecule has 0 aromatic heterocycles. The highest BCUT2D eigenvalue weighted by Crippen LogP contribution is 2.49. The van der Waals surface area contributed by atoms with E-state index < -0.39 is 5.54 Å². The molecule has 1 aliphatic heterocycles. The van der Waals surface area contributed by atoms with Gasteiger partial charge in [0.25, 0.3) is 0 Å². The van der Waals surface area contributed by atoms with Crippen molar-refractivity contribution in [1.29, 1.82) is 0 Å². The Morgan fingerprint density at radius 1 is 1.04 bits per heavy atom. The van der Waals surface area contributed by atoms with Crippen LogP contribution in [0.5, 0.6) is 11.5 Å². The van der Waals surface area contributed by atoms with Crippen LogP contribution in [0.3, 0.4) is 0 Å². The van der Waals surface area contributed by atoms with Gasteiger partial charge in [-0.3, -0.25) is 4.79 Å². The first kappa shape index (κ1) is 16.9. The average molecular weight is 371 g/mol. The number of urea groups is 1. The standard InChI is InChI=1S/C20H19ClN2O3/c21-15-8-9-16(26-14-6-4-13(12-24)5-7-14)17-18(15)22-19(25)23-20(17)10-2-1-3-11-20/h4-9,12H,1-3,10-11H2,(H2,22,23,25). The van der Waals surface area contributed by atoms with Gasteiger partial charge in [0, 0.05) is 11.1 Å². The normalized spacial score (nSPS) is 17.8. The minimum atomic E-state index is -0.459. The van der Waals surface area contributed by atoms with Crippen molar-refractivity contribution in [3.63, 3.8) is 0 Å². The quantitative estimate of drug-likeness (QED) is 0.726. The van der Waals surface area contributed by atoms with Crippen LogP contribution in [-0.2, 0) is 5.54 Å². The van der Waals surface area contributed by atoms with Crippen LogP contribution >= 0.6 is 11.6 Å². The molecule has 0 atom stereocenters. The van der Waals surface area contributed by atoms with Crippen LogP contribution in [-0.4, -0.2) is 12.3 Å². The van der Waals surface area contributed by atoms with Crippen molar-refractivity contribution in [1.82, 2.24) is 5.32 Å². The van der Waals surface area contributed by atoms with Crippen molar-refractivity contribution in [2.75, 3.05) is 5.32 Å². The highest BCUT2D eigenvalue weighted by Gasteiger charge is 2.43. The minimum absolute atomic E-state index is 0.228. The lowest BCUT2D eigenvalue weighted by molar-refractivity contribution is 0.112. The van der Waals surface area contributed by atoms with Crippen LogP contribution in [0.2, 0.25) is 5.02 Å². The predicted octanol–water partition coefficient (Wildman–Crippen LogP) is 5.24. The molecule has 26 heavy (non-hydrogen) atoms. The summed E-state index contributed by atoms with van der Waals surface area (Å²) >= 11 is 6.39. The fourth-order valence-corrected chi connectivity index (χ4v) is 4.14. The summed E-state index contributed by atoms with van der Waals surface area (Å²) in [6, 6.07) is 10.3. The summed E-state index contributed by atoms with van der Waals surface area (Å²) in [6.45, 7) is 0. The van der Waals surface area contributed by atoms with Crippen molar-refractivity contribution in [2.24, 2.45) is 0 Å². The zero-order chi connectivity index (χ0) is 18.1. The maximum Gasteiger partial charge on any atom is 0.319 e. The van der Waals surface area contributed by atoms with Gasteiger partial charge in [-0.05, 0) is 49.2 Å². The first-order chi connectivity index (χ1) is 12.6. The van der Waals surface area contributed by atoms with E-state index in [1.807, 2.05) is 6.07 Å². The number of hydrogen-bond acceptors (Lipinski definition) is 3. The van der Waals surface area contributed by atoms with E-state index in [0.717, 1.165) is 44.0 Å². The average Bonchev–Trinajstić information content (AvgIpc) is 2.65. The number of carbonyl (C=O) groups is 2. The minimum Gasteiger partial charge on any atom is -0.457 e. The van der Waals surface area contributed by atoms with E-state index in [-0.39, 0.29) is 6.03 Å². The Morgan fingerprint density at radius 3 is 2.46 bits per heavy atom. The van der Waals surface area contributed by atoms with Crippen LogP contribution < -0.4 is 15.4 Å². The number of ether oxygens (including phenoxy) is 1. The number of halogens is 1. The molecule has 2 aromatic rings. The summed E-state index contributed by atoms with van der Waals surface area (Å²) in [5.74, 6) is 1.29. The van der Waals surface area contributed by atoms with Crippen LogP contribution in [0.4, 0.5) is 10.5 Å². The molecular weight excluding hydrogens is 352 g/mol. The molecule has 2 aliphatic rings. The largest absolute Gasteiger partial charge is 0.457 e. The van der Waals surface area contributed by atoms with Crippen molar-refractivity contribution in [3.05, 3.63) is 52.5 Å². The topological polar surface area (TPSA) is 67.4 Å². The van der Waals surface area contributed by atoms with E-state index in [2.05, 4.69) is 10.6 Å². The van der Waals surface area contributed by atoms with E-state index in [9.17, 15) is 9.59 Å². The Balaban J connectivity index is 1.79. The Hall–Kier alpha value is -2.53. The van der Waals surface area contributed by atoms with E-state index in [1.54, 1.807) is 30.3 Å². The number of anilines is 1. The Bertz CT molecular complexity index is 858. The van der Waals surface area contributed by atoms with Gasteiger partial charge in [0.15, 0.2) is 0 Å². The second-order valence-electron chi connectivity index (χ2n) is 6.81. The van der Waals surface area contributed by atoms with Crippen LogP contribution in [0.1, 0.15) is 48.0 Å². The fourth-order valence-electron chi connectivity index (χ4n) is 3.94. The molecular formula is C20H19ClN2O3. The third kappa shape index (κ3) is 2.92. The lowest BCUT2D eigenvalue weighted by Gasteiger charge is -2.43. The molecule has 1 saturated carbocycles. The summed E-state index contributed by atoms with van der Waals surface area (Å²) in [6.07, 6.45) is 5.75. The summed E-state index contributed by atoms with van der Waals surface area (Å²) in [7, 11) is 0. The van der Waals surface area contributed by atoms with Crippen molar-refractivity contribution < 1.29 is 14.3 Å². The van der Waals surface area contributed by atoms with Gasteiger partial charge >= 0.3 is 6.03 Å². The molecule has 0 saturated heterocycles. The third-order valence-electron chi connectivity index (χ3n) is 5.14. The highest BCUT2D eigenvalue weighted by molar-refractivity contribution is 6.34. The van der Waals surface area contributed by atoms with E-state index in [0.29, 0.717) is 27.8 Å². The molecule has 4 rings (SSSR count). The van der Waals surface area contributed by atoms with Gasteiger partial charge in [-0.2, -0.15) is 0 Å². The predicted molar refractivity (Wildman–Crippen MR) is 100 cm³/mol. The molecule has 1 fully saturated rings. The second kappa shape index (κ2) is 6.65. The molecule has 0 bridgehead atoms.